The van der Waals surface area contributed by atoms with Gasteiger partial charge >= 0.3 is 0 Å². The lowest BCUT2D eigenvalue weighted by Gasteiger charge is -2.29. The quantitative estimate of drug-likeness (QED) is 0.727. The predicted octanol–water partition coefficient (Wildman–Crippen LogP) is 2.08. The summed E-state index contributed by atoms with van der Waals surface area (Å²) < 4.78 is 23.4. The van der Waals surface area contributed by atoms with Crippen LogP contribution in [0.15, 0.2) is 0 Å². The summed E-state index contributed by atoms with van der Waals surface area (Å²) >= 11 is 1.92. The SMILES string of the molecule is CC(C)SC1CCN(S(=O)(=O)Cl)CC1. The van der Waals surface area contributed by atoms with Crippen LogP contribution < -0.4 is 0 Å². The largest absolute Gasteiger partial charge is 0.299 e. The number of piperidine rings is 1. The maximum absolute atomic E-state index is 11.0. The van der Waals surface area contributed by atoms with Gasteiger partial charge in [-0.1, -0.05) is 13.8 Å². The topological polar surface area (TPSA) is 37.4 Å². The molecule has 1 aliphatic heterocycles. The third-order valence-corrected chi connectivity index (χ3v) is 5.14. The van der Waals surface area contributed by atoms with Crippen molar-refractivity contribution in [2.24, 2.45) is 0 Å². The van der Waals surface area contributed by atoms with Gasteiger partial charge in [0.15, 0.2) is 0 Å². The summed E-state index contributed by atoms with van der Waals surface area (Å²) in [7, 11) is 1.78. The highest BCUT2D eigenvalue weighted by atomic mass is 35.7. The average molecular weight is 258 g/mol. The highest BCUT2D eigenvalue weighted by molar-refractivity contribution is 8.11. The molecule has 1 aliphatic rings. The Labute approximate surface area is 94.7 Å². The van der Waals surface area contributed by atoms with Gasteiger partial charge in [-0.25, -0.2) is 0 Å². The minimum atomic E-state index is -3.48. The van der Waals surface area contributed by atoms with E-state index >= 15 is 0 Å². The first-order valence-electron chi connectivity index (χ1n) is 4.75. The lowest BCUT2D eigenvalue weighted by Crippen LogP contribution is -2.37. The molecule has 1 saturated heterocycles. The smallest absolute Gasteiger partial charge is 0.195 e. The molecule has 3 nitrogen and oxygen atoms in total. The lowest BCUT2D eigenvalue weighted by atomic mass is 10.2. The molecule has 6 heteroatoms. The fraction of sp³-hybridized carbons (Fsp3) is 1.00. The maximum Gasteiger partial charge on any atom is 0.299 e. The molecule has 0 aromatic carbocycles. The van der Waals surface area contributed by atoms with E-state index in [2.05, 4.69) is 13.8 Å². The molecule has 1 heterocycles. The summed E-state index contributed by atoms with van der Waals surface area (Å²) in [5, 5.41) is 1.20. The van der Waals surface area contributed by atoms with Gasteiger partial charge in [0.25, 0.3) is 9.24 Å². The Kier molecular flexibility index (Phi) is 4.56. The van der Waals surface area contributed by atoms with Crippen molar-refractivity contribution in [3.05, 3.63) is 0 Å². The molecule has 0 spiro atoms. The minimum Gasteiger partial charge on any atom is -0.195 e. The van der Waals surface area contributed by atoms with E-state index in [1.165, 1.54) is 4.31 Å². The maximum atomic E-state index is 11.0. The second kappa shape index (κ2) is 5.05. The van der Waals surface area contributed by atoms with Crippen molar-refractivity contribution in [3.8, 4) is 0 Å². The molecule has 0 aliphatic carbocycles. The second-order valence-corrected chi connectivity index (χ2v) is 8.12. The van der Waals surface area contributed by atoms with Crippen LogP contribution in [0.1, 0.15) is 26.7 Å². The van der Waals surface area contributed by atoms with Crippen molar-refractivity contribution in [1.82, 2.24) is 4.31 Å². The Balaban J connectivity index is 2.39. The fourth-order valence-corrected chi connectivity index (χ4v) is 3.88. The van der Waals surface area contributed by atoms with Crippen LogP contribution in [0.2, 0.25) is 0 Å². The van der Waals surface area contributed by atoms with Gasteiger partial charge in [0.05, 0.1) is 0 Å². The summed E-state index contributed by atoms with van der Waals surface area (Å²) in [6, 6.07) is 0. The van der Waals surface area contributed by atoms with Gasteiger partial charge in [0.1, 0.15) is 0 Å². The van der Waals surface area contributed by atoms with Crippen molar-refractivity contribution in [3.63, 3.8) is 0 Å². The summed E-state index contributed by atoms with van der Waals surface area (Å²) in [5.41, 5.74) is 0. The van der Waals surface area contributed by atoms with Crippen LogP contribution in [0, 0.1) is 0 Å². The van der Waals surface area contributed by atoms with Crippen molar-refractivity contribution in [1.29, 1.82) is 0 Å². The van der Waals surface area contributed by atoms with Crippen molar-refractivity contribution in [2.75, 3.05) is 13.1 Å². The number of hydrogen-bond acceptors (Lipinski definition) is 3. The van der Waals surface area contributed by atoms with Crippen LogP contribution in [0.5, 0.6) is 0 Å². The molecule has 14 heavy (non-hydrogen) atoms. The van der Waals surface area contributed by atoms with Gasteiger partial charge in [0.2, 0.25) is 0 Å². The molecular formula is C8H16ClNO2S2. The van der Waals surface area contributed by atoms with Gasteiger partial charge in [-0.3, -0.25) is 0 Å². The van der Waals surface area contributed by atoms with E-state index in [4.69, 9.17) is 10.7 Å². The van der Waals surface area contributed by atoms with Crippen LogP contribution in [0.3, 0.4) is 0 Å². The number of hydrogen-bond donors (Lipinski definition) is 0. The number of rotatable bonds is 3. The zero-order valence-electron chi connectivity index (χ0n) is 8.44. The molecule has 1 fully saturated rings. The monoisotopic (exact) mass is 257 g/mol. The van der Waals surface area contributed by atoms with Crippen LogP contribution in [0.4, 0.5) is 0 Å². The Morgan fingerprint density at radius 3 is 2.21 bits per heavy atom. The van der Waals surface area contributed by atoms with Crippen LogP contribution >= 0.6 is 22.4 Å². The van der Waals surface area contributed by atoms with E-state index in [-0.39, 0.29) is 0 Å². The second-order valence-electron chi connectivity index (χ2n) is 3.73. The van der Waals surface area contributed by atoms with Gasteiger partial charge in [-0.15, -0.1) is 0 Å². The highest BCUT2D eigenvalue weighted by Crippen LogP contribution is 2.28. The first kappa shape index (κ1) is 12.6. The van der Waals surface area contributed by atoms with Crippen LogP contribution in [-0.4, -0.2) is 36.3 Å². The van der Waals surface area contributed by atoms with Crippen molar-refractivity contribution in [2.45, 2.75) is 37.2 Å². The standard InChI is InChI=1S/C8H16ClNO2S2/c1-7(2)13-8-3-5-10(6-4-8)14(9,11)12/h7-8H,3-6H2,1-2H3. The molecule has 84 valence electrons. The van der Waals surface area contributed by atoms with E-state index in [1.807, 2.05) is 11.8 Å². The Morgan fingerprint density at radius 2 is 1.86 bits per heavy atom. The summed E-state index contributed by atoms with van der Waals surface area (Å²) in [5.74, 6) is 0. The first-order chi connectivity index (χ1) is 6.39. The summed E-state index contributed by atoms with van der Waals surface area (Å²) in [6.45, 7) is 5.46. The van der Waals surface area contributed by atoms with Gasteiger partial charge in [0, 0.05) is 29.0 Å². The summed E-state index contributed by atoms with van der Waals surface area (Å²) in [4.78, 5) is 0. The lowest BCUT2D eigenvalue weighted by molar-refractivity contribution is 0.359. The molecule has 0 aromatic rings. The minimum absolute atomic E-state index is 0.566. The molecule has 0 radical (unpaired) electrons. The number of nitrogens with zero attached hydrogens (tertiary/aromatic N) is 1. The third-order valence-electron chi connectivity index (χ3n) is 2.17. The Bertz CT molecular complexity index is 271. The van der Waals surface area contributed by atoms with Crippen LogP contribution in [-0.2, 0) is 9.24 Å². The number of halogens is 1. The molecule has 1 rings (SSSR count). The molecule has 0 amide bonds. The Morgan fingerprint density at radius 1 is 1.36 bits per heavy atom. The normalized spacial score (nSPS) is 21.7. The third kappa shape index (κ3) is 3.96. The molecule has 0 saturated carbocycles. The van der Waals surface area contributed by atoms with E-state index in [1.54, 1.807) is 0 Å². The van der Waals surface area contributed by atoms with E-state index < -0.39 is 9.24 Å². The molecule has 0 bridgehead atoms. The van der Waals surface area contributed by atoms with Crippen LogP contribution in [0.25, 0.3) is 0 Å². The molecular weight excluding hydrogens is 242 g/mol. The molecule has 0 aromatic heterocycles. The zero-order chi connectivity index (χ0) is 10.8. The predicted molar refractivity (Wildman–Crippen MR) is 62.1 cm³/mol. The number of thioether (sulfide) groups is 1. The van der Waals surface area contributed by atoms with Gasteiger partial charge in [-0.05, 0) is 18.1 Å². The fourth-order valence-electron chi connectivity index (χ4n) is 1.57. The van der Waals surface area contributed by atoms with Crippen molar-refractivity contribution >= 4 is 31.7 Å². The molecule has 0 N–H and O–H groups in total. The van der Waals surface area contributed by atoms with E-state index in [9.17, 15) is 8.42 Å². The Hall–Kier alpha value is 0.550. The average Bonchev–Trinajstić information content (AvgIpc) is 2.02. The highest BCUT2D eigenvalue weighted by Gasteiger charge is 2.26. The summed E-state index contributed by atoms with van der Waals surface area (Å²) in [6.07, 6.45) is 1.82. The zero-order valence-corrected chi connectivity index (χ0v) is 10.8. The van der Waals surface area contributed by atoms with E-state index in [0.717, 1.165) is 12.8 Å². The van der Waals surface area contributed by atoms with E-state index in [0.29, 0.717) is 23.6 Å². The van der Waals surface area contributed by atoms with Crippen molar-refractivity contribution < 1.29 is 8.42 Å². The van der Waals surface area contributed by atoms with Gasteiger partial charge in [-0.2, -0.15) is 24.5 Å². The molecule has 0 unspecified atom stereocenters. The first-order valence-corrected chi connectivity index (χ1v) is 7.95. The molecule has 0 atom stereocenters. The van der Waals surface area contributed by atoms with Gasteiger partial charge < -0.3 is 0 Å².